The molecule has 1 amide bonds. The van der Waals surface area contributed by atoms with Gasteiger partial charge >= 0.3 is 0 Å². The Bertz CT molecular complexity index is 194. The molecule has 1 atom stereocenters. The van der Waals surface area contributed by atoms with Gasteiger partial charge < -0.3 is 15.2 Å². The first-order chi connectivity index (χ1) is 5.43. The van der Waals surface area contributed by atoms with Crippen LogP contribution >= 0.6 is 0 Å². The van der Waals surface area contributed by atoms with Crippen LogP contribution in [-0.2, 0) is 9.59 Å². The normalized spacial score (nSPS) is 11.8. The van der Waals surface area contributed by atoms with E-state index in [1.165, 1.54) is 6.92 Å². The average Bonchev–Trinajstić information content (AvgIpc) is 1.83. The molecule has 0 aliphatic rings. The van der Waals surface area contributed by atoms with Crippen molar-refractivity contribution in [1.29, 1.82) is 0 Å². The molecule has 0 bridgehead atoms. The van der Waals surface area contributed by atoms with E-state index in [1.807, 2.05) is 0 Å². The van der Waals surface area contributed by atoms with E-state index in [4.69, 9.17) is 0 Å². The van der Waals surface area contributed by atoms with Crippen molar-refractivity contribution in [2.75, 3.05) is 0 Å². The molecular formula is C8H12NO3-. The summed E-state index contributed by atoms with van der Waals surface area (Å²) in [6.07, 6.45) is 0.210. The molecule has 0 saturated heterocycles. The molecule has 68 valence electrons. The average molecular weight is 170 g/mol. The van der Waals surface area contributed by atoms with Gasteiger partial charge in [0.1, 0.15) is 0 Å². The van der Waals surface area contributed by atoms with Crippen molar-refractivity contribution in [3.8, 4) is 0 Å². The lowest BCUT2D eigenvalue weighted by Gasteiger charge is -2.18. The van der Waals surface area contributed by atoms with Crippen LogP contribution in [0.15, 0.2) is 12.2 Å². The fourth-order valence-electron chi connectivity index (χ4n) is 0.787. The van der Waals surface area contributed by atoms with Gasteiger partial charge in [0.2, 0.25) is 5.91 Å². The van der Waals surface area contributed by atoms with Crippen LogP contribution in [-0.4, -0.2) is 17.9 Å². The summed E-state index contributed by atoms with van der Waals surface area (Å²) >= 11 is 0. The molecule has 0 rings (SSSR count). The summed E-state index contributed by atoms with van der Waals surface area (Å²) < 4.78 is 0. The Kier molecular flexibility index (Phi) is 4.04. The number of carboxylic acids is 1. The summed E-state index contributed by atoms with van der Waals surface area (Å²) in [7, 11) is 0. The van der Waals surface area contributed by atoms with E-state index < -0.39 is 12.0 Å². The number of carbonyl (C=O) groups is 2. The maximum absolute atomic E-state index is 10.5. The van der Waals surface area contributed by atoms with E-state index in [0.29, 0.717) is 5.57 Å². The number of aliphatic carboxylic acids is 1. The van der Waals surface area contributed by atoms with Crippen LogP contribution in [0.1, 0.15) is 20.3 Å². The van der Waals surface area contributed by atoms with E-state index in [0.717, 1.165) is 0 Å². The van der Waals surface area contributed by atoms with Gasteiger partial charge in [-0.1, -0.05) is 5.57 Å². The van der Waals surface area contributed by atoms with Crippen LogP contribution in [0.3, 0.4) is 0 Å². The highest BCUT2D eigenvalue weighted by atomic mass is 16.4. The highest BCUT2D eigenvalue weighted by Crippen LogP contribution is 2.00. The largest absolute Gasteiger partial charge is 0.548 e. The van der Waals surface area contributed by atoms with Gasteiger partial charge in [0.05, 0.1) is 12.0 Å². The Morgan fingerprint density at radius 2 is 2.00 bits per heavy atom. The number of rotatable bonds is 4. The van der Waals surface area contributed by atoms with Crippen LogP contribution < -0.4 is 10.4 Å². The van der Waals surface area contributed by atoms with Gasteiger partial charge in [0.15, 0.2) is 0 Å². The lowest BCUT2D eigenvalue weighted by atomic mass is 10.1. The minimum Gasteiger partial charge on any atom is -0.548 e. The van der Waals surface area contributed by atoms with Crippen molar-refractivity contribution >= 4 is 11.9 Å². The SMILES string of the molecule is C=C(C)C[C@@H](NC(C)=O)C(=O)[O-]. The molecule has 0 spiro atoms. The van der Waals surface area contributed by atoms with E-state index in [1.54, 1.807) is 6.92 Å². The number of amides is 1. The first kappa shape index (κ1) is 10.7. The zero-order chi connectivity index (χ0) is 9.72. The topological polar surface area (TPSA) is 69.2 Å². The lowest BCUT2D eigenvalue weighted by Crippen LogP contribution is -2.47. The number of nitrogens with one attached hydrogen (secondary N) is 1. The third-order valence-electron chi connectivity index (χ3n) is 1.21. The monoisotopic (exact) mass is 170 g/mol. The van der Waals surface area contributed by atoms with Crippen molar-refractivity contribution in [3.63, 3.8) is 0 Å². The van der Waals surface area contributed by atoms with Gasteiger partial charge in [0, 0.05) is 6.92 Å². The first-order valence-corrected chi connectivity index (χ1v) is 3.56. The first-order valence-electron chi connectivity index (χ1n) is 3.56. The fraction of sp³-hybridized carbons (Fsp3) is 0.500. The summed E-state index contributed by atoms with van der Waals surface area (Å²) in [5.74, 6) is -1.67. The molecule has 12 heavy (non-hydrogen) atoms. The molecule has 0 aliphatic heterocycles. The molecule has 0 aromatic carbocycles. The molecule has 1 N–H and O–H groups in total. The molecular weight excluding hydrogens is 158 g/mol. The van der Waals surface area contributed by atoms with E-state index in [9.17, 15) is 14.7 Å². The Balaban J connectivity index is 4.14. The maximum Gasteiger partial charge on any atom is 0.217 e. The molecule has 0 heterocycles. The fourth-order valence-corrected chi connectivity index (χ4v) is 0.787. The summed E-state index contributed by atoms with van der Waals surface area (Å²) in [6, 6.07) is -0.958. The second-order valence-corrected chi connectivity index (χ2v) is 2.73. The van der Waals surface area contributed by atoms with Gasteiger partial charge in [-0.3, -0.25) is 4.79 Å². The lowest BCUT2D eigenvalue weighted by molar-refractivity contribution is -0.308. The Hall–Kier alpha value is -1.32. The van der Waals surface area contributed by atoms with Crippen LogP contribution in [0, 0.1) is 0 Å². The minimum absolute atomic E-state index is 0.210. The van der Waals surface area contributed by atoms with E-state index in [-0.39, 0.29) is 12.3 Å². The van der Waals surface area contributed by atoms with Gasteiger partial charge in [-0.15, -0.1) is 6.58 Å². The highest BCUT2D eigenvalue weighted by molar-refractivity contribution is 5.81. The summed E-state index contributed by atoms with van der Waals surface area (Å²) in [5.41, 5.74) is 0.693. The summed E-state index contributed by atoms with van der Waals surface area (Å²) in [6.45, 7) is 6.49. The molecule has 0 aromatic heterocycles. The van der Waals surface area contributed by atoms with Crippen molar-refractivity contribution in [3.05, 3.63) is 12.2 Å². The molecule has 0 fully saturated rings. The molecule has 0 radical (unpaired) electrons. The molecule has 4 heteroatoms. The van der Waals surface area contributed by atoms with Gasteiger partial charge in [0.25, 0.3) is 0 Å². The molecule has 0 saturated carbocycles. The van der Waals surface area contributed by atoms with Crippen LogP contribution in [0.2, 0.25) is 0 Å². The van der Waals surface area contributed by atoms with Gasteiger partial charge in [-0.2, -0.15) is 0 Å². The second-order valence-electron chi connectivity index (χ2n) is 2.73. The smallest absolute Gasteiger partial charge is 0.217 e. The quantitative estimate of drug-likeness (QED) is 0.562. The summed E-state index contributed by atoms with van der Waals surface area (Å²) in [4.78, 5) is 20.9. The highest BCUT2D eigenvalue weighted by Gasteiger charge is 2.10. The van der Waals surface area contributed by atoms with Crippen molar-refractivity contribution in [1.82, 2.24) is 5.32 Å². The third kappa shape index (κ3) is 4.49. The van der Waals surface area contributed by atoms with Crippen LogP contribution in [0.4, 0.5) is 0 Å². The van der Waals surface area contributed by atoms with Gasteiger partial charge in [-0.05, 0) is 13.3 Å². The van der Waals surface area contributed by atoms with Crippen molar-refractivity contribution < 1.29 is 14.7 Å². The Morgan fingerprint density at radius 3 is 2.25 bits per heavy atom. The van der Waals surface area contributed by atoms with Gasteiger partial charge in [-0.25, -0.2) is 0 Å². The predicted molar refractivity (Wildman–Crippen MR) is 42.0 cm³/mol. The Labute approximate surface area is 71.3 Å². The Morgan fingerprint density at radius 1 is 1.50 bits per heavy atom. The molecule has 0 unspecified atom stereocenters. The van der Waals surface area contributed by atoms with E-state index in [2.05, 4.69) is 11.9 Å². The minimum atomic E-state index is -1.28. The molecule has 0 aliphatic carbocycles. The van der Waals surface area contributed by atoms with Crippen molar-refractivity contribution in [2.24, 2.45) is 0 Å². The number of carbonyl (C=O) groups excluding carboxylic acids is 2. The molecule has 4 nitrogen and oxygen atoms in total. The van der Waals surface area contributed by atoms with E-state index >= 15 is 0 Å². The zero-order valence-corrected chi connectivity index (χ0v) is 7.22. The summed E-state index contributed by atoms with van der Waals surface area (Å²) in [5, 5.41) is 12.7. The van der Waals surface area contributed by atoms with Crippen LogP contribution in [0.5, 0.6) is 0 Å². The number of hydrogen-bond donors (Lipinski definition) is 1. The number of hydrogen-bond acceptors (Lipinski definition) is 3. The zero-order valence-electron chi connectivity index (χ0n) is 7.22. The third-order valence-corrected chi connectivity index (χ3v) is 1.21. The number of carboxylic acid groups (broad SMARTS) is 1. The maximum atomic E-state index is 10.5. The van der Waals surface area contributed by atoms with Crippen LogP contribution in [0.25, 0.3) is 0 Å². The predicted octanol–water partition coefficient (Wildman–Crippen LogP) is -0.793. The second kappa shape index (κ2) is 4.54. The van der Waals surface area contributed by atoms with Crippen molar-refractivity contribution in [2.45, 2.75) is 26.3 Å². The molecule has 0 aromatic rings. The standard InChI is InChI=1S/C8H13NO3/c1-5(2)4-7(8(11)12)9-6(3)10/h7H,1,4H2,2-3H3,(H,9,10)(H,11,12)/p-1/t7-/m1/s1.